The van der Waals surface area contributed by atoms with Gasteiger partial charge in [-0.25, -0.2) is 14.0 Å². The Balaban J connectivity index is 3.03. The molecule has 1 aromatic rings. The van der Waals surface area contributed by atoms with Crippen LogP contribution in [0.15, 0.2) is 24.3 Å². The summed E-state index contributed by atoms with van der Waals surface area (Å²) in [5, 5.41) is 12.8. The number of esters is 1. The number of carbonyl (C=O) groups excluding carboxylic acids is 2. The van der Waals surface area contributed by atoms with Gasteiger partial charge in [0, 0.05) is 0 Å². The highest BCUT2D eigenvalue weighted by molar-refractivity contribution is 5.82. The predicted molar refractivity (Wildman–Crippen MR) is 90.4 cm³/mol. The summed E-state index contributed by atoms with van der Waals surface area (Å²) in [4.78, 5) is 24.4. The van der Waals surface area contributed by atoms with Crippen LogP contribution in [0.2, 0.25) is 0 Å². The number of aliphatic hydroxyl groups excluding tert-OH is 1. The smallest absolute Gasteiger partial charge is 0.408 e. The van der Waals surface area contributed by atoms with E-state index in [1.807, 2.05) is 0 Å². The fourth-order valence-corrected chi connectivity index (χ4v) is 1.92. The molecule has 0 aromatic heterocycles. The summed E-state index contributed by atoms with van der Waals surface area (Å²) in [6, 6.07) is 3.55. The third kappa shape index (κ3) is 7.51. The Hall–Kier alpha value is -2.15. The Morgan fingerprint density at radius 1 is 1.00 bits per heavy atom. The summed E-state index contributed by atoms with van der Waals surface area (Å²) >= 11 is 0. The molecule has 0 saturated carbocycles. The lowest BCUT2D eigenvalue weighted by atomic mass is 10.0. The molecule has 1 amide bonds. The van der Waals surface area contributed by atoms with Crippen molar-refractivity contribution in [3.8, 4) is 0 Å². The standard InChI is InChI=1S/C18H26FNO5/c1-17(2,3)24-15(22)13(20-16(23)25-18(4,5)6)14(21)11-7-9-12(19)10-8-11/h7-10,13-14,21H,1-6H3,(H,20,23)/t13-,14+/m1/s1. The fraction of sp³-hybridized carbons (Fsp3) is 0.556. The minimum atomic E-state index is -1.43. The van der Waals surface area contributed by atoms with Crippen molar-refractivity contribution in [2.45, 2.75) is 64.9 Å². The first-order valence-electron chi connectivity index (χ1n) is 7.94. The highest BCUT2D eigenvalue weighted by atomic mass is 19.1. The van der Waals surface area contributed by atoms with Gasteiger partial charge in [-0.2, -0.15) is 0 Å². The molecule has 140 valence electrons. The zero-order valence-electron chi connectivity index (χ0n) is 15.4. The van der Waals surface area contributed by atoms with Crippen LogP contribution in [-0.2, 0) is 14.3 Å². The molecule has 2 atom stereocenters. The van der Waals surface area contributed by atoms with Gasteiger partial charge in [0.15, 0.2) is 6.04 Å². The number of amides is 1. The van der Waals surface area contributed by atoms with E-state index in [1.54, 1.807) is 41.5 Å². The van der Waals surface area contributed by atoms with Gasteiger partial charge in [0.1, 0.15) is 23.1 Å². The molecule has 2 N–H and O–H groups in total. The normalized spacial score (nSPS) is 14.4. The minimum absolute atomic E-state index is 0.258. The van der Waals surface area contributed by atoms with Crippen molar-refractivity contribution >= 4 is 12.1 Å². The van der Waals surface area contributed by atoms with Crippen LogP contribution < -0.4 is 5.32 Å². The maximum Gasteiger partial charge on any atom is 0.408 e. The third-order valence-corrected chi connectivity index (χ3v) is 2.86. The fourth-order valence-electron chi connectivity index (χ4n) is 1.92. The zero-order chi connectivity index (χ0) is 19.4. The van der Waals surface area contributed by atoms with Crippen LogP contribution >= 0.6 is 0 Å². The number of hydrogen-bond acceptors (Lipinski definition) is 5. The number of benzene rings is 1. The SMILES string of the molecule is CC(C)(C)OC(=O)N[C@@H](C(=O)OC(C)(C)C)[C@@H](O)c1ccc(F)cc1. The molecule has 0 radical (unpaired) electrons. The first-order chi connectivity index (χ1) is 11.3. The summed E-state index contributed by atoms with van der Waals surface area (Å²) in [5.74, 6) is -1.31. The lowest BCUT2D eigenvalue weighted by Gasteiger charge is -2.28. The quantitative estimate of drug-likeness (QED) is 0.811. The van der Waals surface area contributed by atoms with Gasteiger partial charge in [0.05, 0.1) is 0 Å². The first kappa shape index (κ1) is 20.9. The van der Waals surface area contributed by atoms with E-state index in [9.17, 15) is 19.1 Å². The minimum Gasteiger partial charge on any atom is -0.458 e. The average Bonchev–Trinajstić information content (AvgIpc) is 2.41. The van der Waals surface area contributed by atoms with E-state index in [2.05, 4.69) is 5.32 Å². The lowest BCUT2D eigenvalue weighted by Crippen LogP contribution is -2.49. The van der Waals surface area contributed by atoms with Crippen molar-refractivity contribution in [2.75, 3.05) is 0 Å². The van der Waals surface area contributed by atoms with Crippen molar-refractivity contribution in [3.05, 3.63) is 35.6 Å². The summed E-state index contributed by atoms with van der Waals surface area (Å²) in [5.41, 5.74) is -1.33. The van der Waals surface area contributed by atoms with Gasteiger partial charge in [-0.1, -0.05) is 12.1 Å². The molecule has 25 heavy (non-hydrogen) atoms. The number of ether oxygens (including phenoxy) is 2. The van der Waals surface area contributed by atoms with E-state index in [1.165, 1.54) is 12.1 Å². The highest BCUT2D eigenvalue weighted by Gasteiger charge is 2.34. The summed E-state index contributed by atoms with van der Waals surface area (Å²) in [6.45, 7) is 10.0. The van der Waals surface area contributed by atoms with Crippen LogP contribution in [0.25, 0.3) is 0 Å². The van der Waals surface area contributed by atoms with Crippen LogP contribution in [-0.4, -0.2) is 34.4 Å². The van der Waals surface area contributed by atoms with Crippen LogP contribution in [0.1, 0.15) is 53.2 Å². The van der Waals surface area contributed by atoms with Gasteiger partial charge in [0.2, 0.25) is 0 Å². The summed E-state index contributed by atoms with van der Waals surface area (Å²) in [6.07, 6.45) is -2.30. The van der Waals surface area contributed by atoms with Gasteiger partial charge in [-0.3, -0.25) is 0 Å². The molecule has 6 nitrogen and oxygen atoms in total. The van der Waals surface area contributed by atoms with Gasteiger partial charge < -0.3 is 19.9 Å². The molecular formula is C18H26FNO5. The maximum absolute atomic E-state index is 13.1. The van der Waals surface area contributed by atoms with E-state index in [0.717, 1.165) is 12.1 Å². The highest BCUT2D eigenvalue weighted by Crippen LogP contribution is 2.21. The van der Waals surface area contributed by atoms with E-state index in [-0.39, 0.29) is 5.56 Å². The molecular weight excluding hydrogens is 329 g/mol. The van der Waals surface area contributed by atoms with E-state index in [4.69, 9.17) is 9.47 Å². The second-order valence-corrected chi connectivity index (χ2v) is 7.65. The van der Waals surface area contributed by atoms with Gasteiger partial charge >= 0.3 is 12.1 Å². The second-order valence-electron chi connectivity index (χ2n) is 7.65. The van der Waals surface area contributed by atoms with Crippen LogP contribution in [0.4, 0.5) is 9.18 Å². The molecule has 0 heterocycles. The van der Waals surface area contributed by atoms with Gasteiger partial charge in [-0.15, -0.1) is 0 Å². The average molecular weight is 355 g/mol. The number of carbonyl (C=O) groups is 2. The largest absolute Gasteiger partial charge is 0.458 e. The monoisotopic (exact) mass is 355 g/mol. The molecule has 0 bridgehead atoms. The molecule has 1 rings (SSSR count). The molecule has 7 heteroatoms. The maximum atomic E-state index is 13.1. The van der Waals surface area contributed by atoms with Crippen molar-refractivity contribution in [2.24, 2.45) is 0 Å². The number of hydrogen-bond donors (Lipinski definition) is 2. The molecule has 0 aliphatic rings. The van der Waals surface area contributed by atoms with Crippen molar-refractivity contribution < 1.29 is 28.6 Å². The number of nitrogens with one attached hydrogen (secondary N) is 1. The topological polar surface area (TPSA) is 84.9 Å². The summed E-state index contributed by atoms with van der Waals surface area (Å²) in [7, 11) is 0. The van der Waals surface area contributed by atoms with E-state index >= 15 is 0 Å². The van der Waals surface area contributed by atoms with Crippen LogP contribution in [0, 0.1) is 5.82 Å². The number of alkyl carbamates (subject to hydrolysis) is 1. The Bertz CT molecular complexity index is 601. The van der Waals surface area contributed by atoms with Crippen molar-refractivity contribution in [1.82, 2.24) is 5.32 Å². The zero-order valence-corrected chi connectivity index (χ0v) is 15.4. The van der Waals surface area contributed by atoms with Crippen LogP contribution in [0.5, 0.6) is 0 Å². The Morgan fingerprint density at radius 3 is 1.92 bits per heavy atom. The van der Waals surface area contributed by atoms with E-state index in [0.29, 0.717) is 0 Å². The van der Waals surface area contributed by atoms with Gasteiger partial charge in [0.25, 0.3) is 0 Å². The van der Waals surface area contributed by atoms with E-state index < -0.39 is 41.2 Å². The number of aliphatic hydroxyl groups is 1. The molecule has 0 aliphatic carbocycles. The molecule has 0 aliphatic heterocycles. The molecule has 0 unspecified atom stereocenters. The molecule has 0 saturated heterocycles. The third-order valence-electron chi connectivity index (χ3n) is 2.86. The number of halogens is 1. The van der Waals surface area contributed by atoms with Crippen LogP contribution in [0.3, 0.4) is 0 Å². The molecule has 0 fully saturated rings. The Kier molecular flexibility index (Phi) is 6.54. The molecule has 1 aromatic carbocycles. The van der Waals surface area contributed by atoms with Crippen molar-refractivity contribution in [1.29, 1.82) is 0 Å². The van der Waals surface area contributed by atoms with Crippen molar-refractivity contribution in [3.63, 3.8) is 0 Å². The lowest BCUT2D eigenvalue weighted by molar-refractivity contribution is -0.160. The predicted octanol–water partition coefficient (Wildman–Crippen LogP) is 3.09. The Labute approximate surface area is 147 Å². The molecule has 0 spiro atoms. The second kappa shape index (κ2) is 7.82. The summed E-state index contributed by atoms with van der Waals surface area (Å²) < 4.78 is 23.4. The Morgan fingerprint density at radius 2 is 1.48 bits per heavy atom. The van der Waals surface area contributed by atoms with Gasteiger partial charge in [-0.05, 0) is 59.2 Å². The first-order valence-corrected chi connectivity index (χ1v) is 7.94. The number of rotatable bonds is 4.